The van der Waals surface area contributed by atoms with E-state index in [1.165, 1.54) is 0 Å². The number of nitrogens with zero attached hydrogens (tertiary/aromatic N) is 5. The number of para-hydroxylation sites is 2. The third kappa shape index (κ3) is 3.03. The second kappa shape index (κ2) is 6.14. The zero-order chi connectivity index (χ0) is 17.4. The molecule has 0 atom stereocenters. The minimum absolute atomic E-state index is 0.141. The summed E-state index contributed by atoms with van der Waals surface area (Å²) in [6.07, 6.45) is 0. The number of halogens is 1. The molecule has 3 N–H and O–H groups in total. The molecule has 0 unspecified atom stereocenters. The molecule has 0 aliphatic carbocycles. The van der Waals surface area contributed by atoms with Gasteiger partial charge in [0, 0.05) is 10.2 Å². The highest BCUT2D eigenvalue weighted by Crippen LogP contribution is 2.21. The van der Waals surface area contributed by atoms with Gasteiger partial charge in [0.15, 0.2) is 0 Å². The van der Waals surface area contributed by atoms with Crippen LogP contribution in [0.1, 0.15) is 5.82 Å². The Kier molecular flexibility index (Phi) is 3.81. The predicted octanol–water partition coefficient (Wildman–Crippen LogP) is 3.61. The number of nitrogens with one attached hydrogen (secondary N) is 1. The summed E-state index contributed by atoms with van der Waals surface area (Å²) in [5.41, 5.74) is 8.54. The fourth-order valence-electron chi connectivity index (χ4n) is 2.60. The van der Waals surface area contributed by atoms with E-state index in [0.717, 1.165) is 27.0 Å². The van der Waals surface area contributed by atoms with Crippen LogP contribution in [-0.2, 0) is 0 Å². The summed E-state index contributed by atoms with van der Waals surface area (Å²) < 4.78 is 2.86. The van der Waals surface area contributed by atoms with Gasteiger partial charge in [-0.25, -0.2) is 4.98 Å². The number of aromatic nitrogens is 5. The molecule has 25 heavy (non-hydrogen) atoms. The van der Waals surface area contributed by atoms with Gasteiger partial charge in [-0.3, -0.25) is 4.57 Å². The largest absolute Gasteiger partial charge is 0.368 e. The normalized spacial score (nSPS) is 11.0. The van der Waals surface area contributed by atoms with E-state index in [1.807, 2.05) is 60.0 Å². The van der Waals surface area contributed by atoms with Gasteiger partial charge in [-0.1, -0.05) is 28.1 Å². The van der Waals surface area contributed by atoms with Gasteiger partial charge in [-0.2, -0.15) is 15.0 Å². The zero-order valence-electron chi connectivity index (χ0n) is 13.3. The molecule has 4 aromatic rings. The first-order valence-electron chi connectivity index (χ1n) is 7.59. The average Bonchev–Trinajstić information content (AvgIpc) is 2.92. The molecule has 0 spiro atoms. The van der Waals surface area contributed by atoms with Crippen molar-refractivity contribution < 1.29 is 0 Å². The molecule has 2 aromatic heterocycles. The van der Waals surface area contributed by atoms with Crippen LogP contribution in [0.25, 0.3) is 17.0 Å². The molecule has 8 heteroatoms. The third-order valence-corrected chi connectivity index (χ3v) is 4.20. The number of benzene rings is 2. The lowest BCUT2D eigenvalue weighted by Gasteiger charge is -2.09. The van der Waals surface area contributed by atoms with E-state index in [0.29, 0.717) is 11.9 Å². The fraction of sp³-hybridized carbons (Fsp3) is 0.0588. The summed E-state index contributed by atoms with van der Waals surface area (Å²) in [6.45, 7) is 1.90. The number of rotatable bonds is 3. The topological polar surface area (TPSA) is 94.5 Å². The molecule has 4 rings (SSSR count). The van der Waals surface area contributed by atoms with Gasteiger partial charge in [0.05, 0.1) is 11.0 Å². The van der Waals surface area contributed by atoms with Crippen molar-refractivity contribution in [3.05, 3.63) is 58.8 Å². The summed E-state index contributed by atoms with van der Waals surface area (Å²) in [6, 6.07) is 15.5. The fourth-order valence-corrected chi connectivity index (χ4v) is 2.86. The lowest BCUT2D eigenvalue weighted by atomic mass is 10.3. The SMILES string of the molecule is Cc1nc2ccccc2n1-c1nc(N)nc(Nc2ccc(Br)cc2)n1. The Bertz CT molecular complexity index is 1060. The maximum atomic E-state index is 5.89. The zero-order valence-corrected chi connectivity index (χ0v) is 14.9. The van der Waals surface area contributed by atoms with Crippen LogP contribution in [0.5, 0.6) is 0 Å². The summed E-state index contributed by atoms with van der Waals surface area (Å²) in [5.74, 6) is 1.73. The van der Waals surface area contributed by atoms with E-state index in [-0.39, 0.29) is 5.95 Å². The summed E-state index contributed by atoms with van der Waals surface area (Å²) in [4.78, 5) is 17.5. The molecule has 0 saturated carbocycles. The number of nitrogens with two attached hydrogens (primary N) is 1. The minimum Gasteiger partial charge on any atom is -0.368 e. The van der Waals surface area contributed by atoms with Crippen molar-refractivity contribution in [2.75, 3.05) is 11.1 Å². The van der Waals surface area contributed by atoms with E-state index in [2.05, 4.69) is 41.2 Å². The number of hydrogen-bond donors (Lipinski definition) is 2. The van der Waals surface area contributed by atoms with Gasteiger partial charge in [0.2, 0.25) is 17.8 Å². The first-order valence-corrected chi connectivity index (χ1v) is 8.38. The van der Waals surface area contributed by atoms with Crippen molar-refractivity contribution in [2.45, 2.75) is 6.92 Å². The quantitative estimate of drug-likeness (QED) is 0.550. The van der Waals surface area contributed by atoms with Crippen molar-refractivity contribution in [1.29, 1.82) is 0 Å². The summed E-state index contributed by atoms with van der Waals surface area (Å²) in [7, 11) is 0. The van der Waals surface area contributed by atoms with Gasteiger partial charge in [0.25, 0.3) is 0 Å². The van der Waals surface area contributed by atoms with Crippen LogP contribution >= 0.6 is 15.9 Å². The first kappa shape index (κ1) is 15.5. The minimum atomic E-state index is 0.141. The summed E-state index contributed by atoms with van der Waals surface area (Å²) >= 11 is 3.41. The van der Waals surface area contributed by atoms with Crippen molar-refractivity contribution in [1.82, 2.24) is 24.5 Å². The molecule has 0 aliphatic heterocycles. The van der Waals surface area contributed by atoms with E-state index in [1.54, 1.807) is 0 Å². The molecule has 0 aliphatic rings. The molecule has 124 valence electrons. The van der Waals surface area contributed by atoms with Gasteiger partial charge in [0.1, 0.15) is 5.82 Å². The second-order valence-electron chi connectivity index (χ2n) is 5.43. The molecule has 2 heterocycles. The van der Waals surface area contributed by atoms with E-state index < -0.39 is 0 Å². The van der Waals surface area contributed by atoms with Crippen molar-refractivity contribution in [3.63, 3.8) is 0 Å². The monoisotopic (exact) mass is 395 g/mol. The van der Waals surface area contributed by atoms with E-state index >= 15 is 0 Å². The Morgan fingerprint density at radius 1 is 0.960 bits per heavy atom. The number of nitrogen functional groups attached to an aromatic ring is 1. The summed E-state index contributed by atoms with van der Waals surface area (Å²) in [5, 5.41) is 3.15. The maximum absolute atomic E-state index is 5.89. The number of fused-ring (bicyclic) bond motifs is 1. The number of aryl methyl sites for hydroxylation is 1. The van der Waals surface area contributed by atoms with E-state index in [9.17, 15) is 0 Å². The molecule has 0 saturated heterocycles. The first-order chi connectivity index (χ1) is 12.1. The van der Waals surface area contributed by atoms with E-state index in [4.69, 9.17) is 5.73 Å². The molecule has 0 bridgehead atoms. The molecule has 0 fully saturated rings. The average molecular weight is 396 g/mol. The van der Waals surface area contributed by atoms with Crippen LogP contribution in [-0.4, -0.2) is 24.5 Å². The second-order valence-corrected chi connectivity index (χ2v) is 6.35. The molecular formula is C17H14BrN7. The molecular weight excluding hydrogens is 382 g/mol. The van der Waals surface area contributed by atoms with Crippen molar-refractivity contribution in [2.24, 2.45) is 0 Å². The molecule has 0 amide bonds. The lowest BCUT2D eigenvalue weighted by Crippen LogP contribution is -2.10. The number of hydrogen-bond acceptors (Lipinski definition) is 6. The van der Waals surface area contributed by atoms with Crippen molar-refractivity contribution >= 4 is 44.5 Å². The Hall–Kier alpha value is -3.00. The molecule has 0 radical (unpaired) electrons. The molecule has 2 aromatic carbocycles. The highest BCUT2D eigenvalue weighted by atomic mass is 79.9. The Morgan fingerprint density at radius 3 is 2.52 bits per heavy atom. The van der Waals surface area contributed by atoms with Crippen LogP contribution in [0.2, 0.25) is 0 Å². The third-order valence-electron chi connectivity index (χ3n) is 3.67. The van der Waals surface area contributed by atoms with Gasteiger partial charge < -0.3 is 11.1 Å². The standard InChI is InChI=1S/C17H14BrN7/c1-10-20-13-4-2-3-5-14(13)25(10)17-23-15(19)22-16(24-17)21-12-8-6-11(18)7-9-12/h2-9H,1H3,(H3,19,21,22,23,24). The molecule has 7 nitrogen and oxygen atoms in total. The Balaban J connectivity index is 1.79. The van der Waals surface area contributed by atoms with Gasteiger partial charge >= 0.3 is 0 Å². The van der Waals surface area contributed by atoms with Crippen LogP contribution in [0.15, 0.2) is 53.0 Å². The van der Waals surface area contributed by atoms with Gasteiger partial charge in [-0.15, -0.1) is 0 Å². The smallest absolute Gasteiger partial charge is 0.242 e. The number of anilines is 3. The lowest BCUT2D eigenvalue weighted by molar-refractivity contribution is 0.890. The maximum Gasteiger partial charge on any atom is 0.242 e. The predicted molar refractivity (Wildman–Crippen MR) is 101 cm³/mol. The highest BCUT2D eigenvalue weighted by Gasteiger charge is 2.13. The Labute approximate surface area is 152 Å². The van der Waals surface area contributed by atoms with Crippen molar-refractivity contribution in [3.8, 4) is 5.95 Å². The van der Waals surface area contributed by atoms with Crippen LogP contribution in [0, 0.1) is 6.92 Å². The van der Waals surface area contributed by atoms with Crippen LogP contribution < -0.4 is 11.1 Å². The van der Waals surface area contributed by atoms with Gasteiger partial charge in [-0.05, 0) is 43.3 Å². The Morgan fingerprint density at radius 2 is 1.72 bits per heavy atom. The van der Waals surface area contributed by atoms with Crippen LogP contribution in [0.3, 0.4) is 0 Å². The highest BCUT2D eigenvalue weighted by molar-refractivity contribution is 9.10. The van der Waals surface area contributed by atoms with Crippen LogP contribution in [0.4, 0.5) is 17.6 Å². The number of imidazole rings is 1.